The van der Waals surface area contributed by atoms with E-state index in [1.807, 2.05) is 24.3 Å². The summed E-state index contributed by atoms with van der Waals surface area (Å²) in [4.78, 5) is 0. The quantitative estimate of drug-likeness (QED) is 0.792. The standard InChI is InChI=1S/C15H13Cl2N.ClH/c16-13-6-5-9(7-14(13)17)12-8-15(18)11-4-2-1-3-10(11)12;/h1-7,12,15H,8,18H2;1H/t12-,15+;/m0./s1. The number of rotatable bonds is 1. The van der Waals surface area contributed by atoms with Crippen LogP contribution in [0.4, 0.5) is 0 Å². The molecule has 0 amide bonds. The fourth-order valence-electron chi connectivity index (χ4n) is 2.72. The third kappa shape index (κ3) is 2.61. The zero-order valence-electron chi connectivity index (χ0n) is 10.1. The molecule has 100 valence electrons. The minimum absolute atomic E-state index is 0. The van der Waals surface area contributed by atoms with Crippen molar-refractivity contribution in [1.82, 2.24) is 0 Å². The van der Waals surface area contributed by atoms with Gasteiger partial charge in [-0.3, -0.25) is 0 Å². The number of benzene rings is 2. The van der Waals surface area contributed by atoms with Crippen molar-refractivity contribution >= 4 is 35.6 Å². The van der Waals surface area contributed by atoms with Crippen LogP contribution >= 0.6 is 35.6 Å². The van der Waals surface area contributed by atoms with Gasteiger partial charge in [0.25, 0.3) is 0 Å². The Morgan fingerprint density at radius 3 is 2.32 bits per heavy atom. The third-order valence-corrected chi connectivity index (χ3v) is 4.35. The first-order valence-electron chi connectivity index (χ1n) is 5.96. The molecule has 1 aliphatic rings. The molecule has 2 aromatic carbocycles. The molecule has 0 spiro atoms. The maximum absolute atomic E-state index is 6.18. The lowest BCUT2D eigenvalue weighted by Crippen LogP contribution is -2.05. The maximum Gasteiger partial charge on any atom is 0.0595 e. The second-order valence-corrected chi connectivity index (χ2v) is 5.51. The molecule has 2 atom stereocenters. The van der Waals surface area contributed by atoms with Crippen LogP contribution in [0.5, 0.6) is 0 Å². The molecule has 2 aromatic rings. The molecule has 0 saturated carbocycles. The Bertz CT molecular complexity index is 598. The molecule has 19 heavy (non-hydrogen) atoms. The summed E-state index contributed by atoms with van der Waals surface area (Å²) in [7, 11) is 0. The second kappa shape index (κ2) is 5.72. The van der Waals surface area contributed by atoms with Gasteiger partial charge >= 0.3 is 0 Å². The summed E-state index contributed by atoms with van der Waals surface area (Å²) < 4.78 is 0. The fourth-order valence-corrected chi connectivity index (χ4v) is 3.03. The summed E-state index contributed by atoms with van der Waals surface area (Å²) in [5.74, 6) is 0.325. The highest BCUT2D eigenvalue weighted by Gasteiger charge is 2.29. The third-order valence-electron chi connectivity index (χ3n) is 3.61. The summed E-state index contributed by atoms with van der Waals surface area (Å²) in [6.07, 6.45) is 0.928. The number of halogens is 3. The molecule has 0 aliphatic heterocycles. The van der Waals surface area contributed by atoms with E-state index in [4.69, 9.17) is 28.9 Å². The van der Waals surface area contributed by atoms with Gasteiger partial charge in [-0.25, -0.2) is 0 Å². The Labute approximate surface area is 129 Å². The molecule has 3 rings (SSSR count). The van der Waals surface area contributed by atoms with E-state index in [0.717, 1.165) is 6.42 Å². The Morgan fingerprint density at radius 2 is 1.63 bits per heavy atom. The maximum atomic E-state index is 6.18. The highest BCUT2D eigenvalue weighted by molar-refractivity contribution is 6.42. The van der Waals surface area contributed by atoms with Crippen LogP contribution in [0, 0.1) is 0 Å². The van der Waals surface area contributed by atoms with Crippen molar-refractivity contribution in [3.8, 4) is 0 Å². The molecule has 0 saturated heterocycles. The largest absolute Gasteiger partial charge is 0.324 e. The molecule has 0 radical (unpaired) electrons. The summed E-state index contributed by atoms with van der Waals surface area (Å²) in [6, 6.07) is 14.3. The normalized spacial score (nSPS) is 20.8. The molecule has 2 N–H and O–H groups in total. The number of nitrogens with two attached hydrogens (primary N) is 1. The van der Waals surface area contributed by atoms with Crippen molar-refractivity contribution in [2.75, 3.05) is 0 Å². The van der Waals surface area contributed by atoms with Gasteiger partial charge in [0.15, 0.2) is 0 Å². The summed E-state index contributed by atoms with van der Waals surface area (Å²) in [5, 5.41) is 1.20. The Kier molecular flexibility index (Phi) is 4.42. The van der Waals surface area contributed by atoms with Gasteiger partial charge in [0.2, 0.25) is 0 Å². The topological polar surface area (TPSA) is 26.0 Å². The SMILES string of the molecule is Cl.N[C@@H]1C[C@@H](c2ccc(Cl)c(Cl)c2)c2ccccc21. The Morgan fingerprint density at radius 1 is 0.947 bits per heavy atom. The van der Waals surface area contributed by atoms with E-state index in [0.29, 0.717) is 16.0 Å². The van der Waals surface area contributed by atoms with Crippen molar-refractivity contribution in [2.45, 2.75) is 18.4 Å². The van der Waals surface area contributed by atoms with Crippen LogP contribution in [0.15, 0.2) is 42.5 Å². The van der Waals surface area contributed by atoms with E-state index >= 15 is 0 Å². The summed E-state index contributed by atoms with van der Waals surface area (Å²) in [6.45, 7) is 0. The monoisotopic (exact) mass is 313 g/mol. The van der Waals surface area contributed by atoms with Crippen molar-refractivity contribution in [1.29, 1.82) is 0 Å². The zero-order chi connectivity index (χ0) is 12.7. The molecule has 4 heteroatoms. The molecule has 0 fully saturated rings. The average molecular weight is 315 g/mol. The van der Waals surface area contributed by atoms with Crippen LogP contribution in [0.25, 0.3) is 0 Å². The van der Waals surface area contributed by atoms with E-state index < -0.39 is 0 Å². The molecule has 0 unspecified atom stereocenters. The van der Waals surface area contributed by atoms with Gasteiger partial charge in [-0.05, 0) is 35.2 Å². The van der Waals surface area contributed by atoms with E-state index in [2.05, 4.69) is 18.2 Å². The number of fused-ring (bicyclic) bond motifs is 1. The van der Waals surface area contributed by atoms with Gasteiger partial charge in [-0.1, -0.05) is 53.5 Å². The fraction of sp³-hybridized carbons (Fsp3) is 0.200. The van der Waals surface area contributed by atoms with E-state index in [-0.39, 0.29) is 18.4 Å². The molecule has 0 bridgehead atoms. The van der Waals surface area contributed by atoms with Crippen LogP contribution in [-0.4, -0.2) is 0 Å². The average Bonchev–Trinajstić information content (AvgIpc) is 2.71. The lowest BCUT2D eigenvalue weighted by molar-refractivity contribution is 0.662. The molecule has 1 nitrogen and oxygen atoms in total. The zero-order valence-corrected chi connectivity index (χ0v) is 12.5. The lowest BCUT2D eigenvalue weighted by Gasteiger charge is -2.12. The minimum Gasteiger partial charge on any atom is -0.324 e. The first kappa shape index (κ1) is 14.7. The predicted molar refractivity (Wildman–Crippen MR) is 83.5 cm³/mol. The molecule has 1 aliphatic carbocycles. The molecule has 0 heterocycles. The minimum atomic E-state index is 0. The Balaban J connectivity index is 0.00000133. The highest BCUT2D eigenvalue weighted by atomic mass is 35.5. The lowest BCUT2D eigenvalue weighted by atomic mass is 9.93. The van der Waals surface area contributed by atoms with E-state index in [1.54, 1.807) is 0 Å². The van der Waals surface area contributed by atoms with Gasteiger partial charge in [-0.15, -0.1) is 12.4 Å². The van der Waals surface area contributed by atoms with Gasteiger partial charge < -0.3 is 5.73 Å². The molecule has 0 aromatic heterocycles. The number of hydrogen-bond acceptors (Lipinski definition) is 1. The van der Waals surface area contributed by atoms with Gasteiger partial charge in [-0.2, -0.15) is 0 Å². The Hall–Kier alpha value is -0.730. The van der Waals surface area contributed by atoms with Gasteiger partial charge in [0.1, 0.15) is 0 Å². The summed E-state index contributed by atoms with van der Waals surface area (Å²) >= 11 is 12.1. The molecular weight excluding hydrogens is 301 g/mol. The smallest absolute Gasteiger partial charge is 0.0595 e. The van der Waals surface area contributed by atoms with Crippen molar-refractivity contribution in [3.63, 3.8) is 0 Å². The van der Waals surface area contributed by atoms with E-state index in [9.17, 15) is 0 Å². The van der Waals surface area contributed by atoms with Crippen molar-refractivity contribution < 1.29 is 0 Å². The van der Waals surface area contributed by atoms with Crippen LogP contribution < -0.4 is 5.73 Å². The highest BCUT2D eigenvalue weighted by Crippen LogP contribution is 2.43. The summed E-state index contributed by atoms with van der Waals surface area (Å²) in [5.41, 5.74) is 9.92. The first-order chi connectivity index (χ1) is 8.66. The van der Waals surface area contributed by atoms with Gasteiger partial charge in [0.05, 0.1) is 10.0 Å². The van der Waals surface area contributed by atoms with Gasteiger partial charge in [0, 0.05) is 12.0 Å². The number of hydrogen-bond donors (Lipinski definition) is 1. The van der Waals surface area contributed by atoms with Crippen LogP contribution in [0.3, 0.4) is 0 Å². The van der Waals surface area contributed by atoms with E-state index in [1.165, 1.54) is 16.7 Å². The van der Waals surface area contributed by atoms with Crippen molar-refractivity contribution in [3.05, 3.63) is 69.2 Å². The predicted octanol–water partition coefficient (Wildman–Crippen LogP) is 4.95. The first-order valence-corrected chi connectivity index (χ1v) is 6.72. The second-order valence-electron chi connectivity index (χ2n) is 4.70. The van der Waals surface area contributed by atoms with Crippen LogP contribution in [-0.2, 0) is 0 Å². The van der Waals surface area contributed by atoms with Crippen LogP contribution in [0.2, 0.25) is 10.0 Å². The van der Waals surface area contributed by atoms with Crippen LogP contribution in [0.1, 0.15) is 35.1 Å². The van der Waals surface area contributed by atoms with Crippen molar-refractivity contribution in [2.24, 2.45) is 5.73 Å². The molecular formula is C15H14Cl3N.